The van der Waals surface area contributed by atoms with Gasteiger partial charge >= 0.3 is 5.97 Å². The number of hydrogen-bond donors (Lipinski definition) is 2. The lowest BCUT2D eigenvalue weighted by Crippen LogP contribution is -2.33. The predicted molar refractivity (Wildman–Crippen MR) is 73.5 cm³/mol. The molecular formula is C14H12FNO4S. The van der Waals surface area contributed by atoms with Crippen molar-refractivity contribution in [1.29, 1.82) is 0 Å². The Balaban J connectivity index is 2.32. The summed E-state index contributed by atoms with van der Waals surface area (Å²) in [5.41, 5.74) is 0.302. The van der Waals surface area contributed by atoms with E-state index in [4.69, 9.17) is 0 Å². The number of benzene rings is 2. The molecule has 0 aromatic heterocycles. The minimum absolute atomic E-state index is 0.203. The molecule has 7 heteroatoms. The zero-order valence-corrected chi connectivity index (χ0v) is 11.5. The Morgan fingerprint density at radius 1 is 1.05 bits per heavy atom. The molecule has 0 unspecified atom stereocenters. The van der Waals surface area contributed by atoms with Gasteiger partial charge in [-0.25, -0.2) is 12.8 Å². The van der Waals surface area contributed by atoms with Gasteiger partial charge in [0.05, 0.1) is 4.90 Å². The van der Waals surface area contributed by atoms with Crippen molar-refractivity contribution in [2.75, 3.05) is 0 Å². The van der Waals surface area contributed by atoms with Crippen LogP contribution in [0.2, 0.25) is 0 Å². The number of aliphatic carboxylic acids is 1. The Morgan fingerprint density at radius 2 is 1.62 bits per heavy atom. The topological polar surface area (TPSA) is 83.5 Å². The lowest BCUT2D eigenvalue weighted by molar-refractivity contribution is -0.139. The van der Waals surface area contributed by atoms with Crippen LogP contribution < -0.4 is 4.72 Å². The third-order valence-corrected chi connectivity index (χ3v) is 4.22. The van der Waals surface area contributed by atoms with Crippen molar-refractivity contribution in [3.8, 4) is 0 Å². The molecule has 0 aliphatic rings. The summed E-state index contributed by atoms with van der Waals surface area (Å²) in [6, 6.07) is 10.6. The van der Waals surface area contributed by atoms with Crippen molar-refractivity contribution in [2.24, 2.45) is 0 Å². The standard InChI is InChI=1S/C14H12FNO4S/c15-11-6-8-12(9-7-11)21(19,20)16-13(14(17)18)10-4-2-1-3-5-10/h1-9,13,16H,(H,17,18)/t13-/m1/s1. The van der Waals surface area contributed by atoms with Crippen molar-refractivity contribution in [3.05, 3.63) is 66.0 Å². The summed E-state index contributed by atoms with van der Waals surface area (Å²) in [5, 5.41) is 9.19. The second-order valence-electron chi connectivity index (χ2n) is 4.26. The molecule has 2 aromatic rings. The Hall–Kier alpha value is -2.25. The van der Waals surface area contributed by atoms with Crippen LogP contribution >= 0.6 is 0 Å². The average Bonchev–Trinajstić information content (AvgIpc) is 2.46. The minimum Gasteiger partial charge on any atom is -0.480 e. The van der Waals surface area contributed by atoms with Gasteiger partial charge in [0.1, 0.15) is 11.9 Å². The van der Waals surface area contributed by atoms with Gasteiger partial charge in [-0.1, -0.05) is 30.3 Å². The van der Waals surface area contributed by atoms with E-state index < -0.39 is 27.9 Å². The molecule has 0 heterocycles. The number of nitrogens with one attached hydrogen (secondary N) is 1. The van der Waals surface area contributed by atoms with Crippen LogP contribution in [0, 0.1) is 5.82 Å². The van der Waals surface area contributed by atoms with Crippen LogP contribution in [0.25, 0.3) is 0 Å². The fraction of sp³-hybridized carbons (Fsp3) is 0.0714. The predicted octanol–water partition coefficient (Wildman–Crippen LogP) is 1.93. The maximum absolute atomic E-state index is 12.8. The summed E-state index contributed by atoms with van der Waals surface area (Å²) in [4.78, 5) is 11.1. The molecular weight excluding hydrogens is 297 g/mol. The SMILES string of the molecule is O=C(O)[C@H](NS(=O)(=O)c1ccc(F)cc1)c1ccccc1. The number of sulfonamides is 1. The molecule has 0 amide bonds. The number of halogens is 1. The molecule has 0 saturated carbocycles. The van der Waals surface area contributed by atoms with Crippen LogP contribution in [0.3, 0.4) is 0 Å². The largest absolute Gasteiger partial charge is 0.480 e. The number of rotatable bonds is 5. The van der Waals surface area contributed by atoms with Gasteiger partial charge in [0.15, 0.2) is 0 Å². The highest BCUT2D eigenvalue weighted by atomic mass is 32.2. The monoisotopic (exact) mass is 309 g/mol. The number of carboxylic acids is 1. The van der Waals surface area contributed by atoms with Gasteiger partial charge in [0.25, 0.3) is 0 Å². The second kappa shape index (κ2) is 6.02. The Kier molecular flexibility index (Phi) is 4.35. The molecule has 0 bridgehead atoms. The number of carbonyl (C=O) groups is 1. The van der Waals surface area contributed by atoms with Gasteiger partial charge in [-0.3, -0.25) is 4.79 Å². The normalized spacial score (nSPS) is 12.8. The van der Waals surface area contributed by atoms with Crippen LogP contribution in [-0.4, -0.2) is 19.5 Å². The fourth-order valence-electron chi connectivity index (χ4n) is 1.74. The van der Waals surface area contributed by atoms with Gasteiger partial charge in [0, 0.05) is 0 Å². The summed E-state index contributed by atoms with van der Waals surface area (Å²) in [6.07, 6.45) is 0. The smallest absolute Gasteiger partial charge is 0.326 e. The highest BCUT2D eigenvalue weighted by Gasteiger charge is 2.26. The molecule has 2 rings (SSSR count). The van der Waals surface area contributed by atoms with Crippen molar-refractivity contribution in [1.82, 2.24) is 4.72 Å². The Labute approximate surface area is 121 Å². The van der Waals surface area contributed by atoms with Crippen molar-refractivity contribution >= 4 is 16.0 Å². The molecule has 0 spiro atoms. The van der Waals surface area contributed by atoms with Gasteiger partial charge in [-0.15, -0.1) is 0 Å². The van der Waals surface area contributed by atoms with Crippen molar-refractivity contribution in [3.63, 3.8) is 0 Å². The van der Waals surface area contributed by atoms with Crippen LogP contribution in [0.15, 0.2) is 59.5 Å². The highest BCUT2D eigenvalue weighted by Crippen LogP contribution is 2.17. The lowest BCUT2D eigenvalue weighted by Gasteiger charge is -2.15. The van der Waals surface area contributed by atoms with Crippen LogP contribution in [0.5, 0.6) is 0 Å². The van der Waals surface area contributed by atoms with Gasteiger partial charge in [-0.05, 0) is 29.8 Å². The van der Waals surface area contributed by atoms with E-state index in [1.807, 2.05) is 0 Å². The molecule has 0 aliphatic heterocycles. The third kappa shape index (κ3) is 3.65. The number of hydrogen-bond acceptors (Lipinski definition) is 3. The van der Waals surface area contributed by atoms with Gasteiger partial charge in [0.2, 0.25) is 10.0 Å². The average molecular weight is 309 g/mol. The molecule has 0 radical (unpaired) electrons. The summed E-state index contributed by atoms with van der Waals surface area (Å²) < 4.78 is 39.2. The molecule has 2 N–H and O–H groups in total. The molecule has 2 aromatic carbocycles. The minimum atomic E-state index is -4.07. The maximum Gasteiger partial charge on any atom is 0.326 e. The Bertz CT molecular complexity index is 729. The summed E-state index contributed by atoms with van der Waals surface area (Å²) >= 11 is 0. The molecule has 5 nitrogen and oxygen atoms in total. The molecule has 1 atom stereocenters. The van der Waals surface area contributed by atoms with E-state index in [9.17, 15) is 22.7 Å². The van der Waals surface area contributed by atoms with Crippen molar-refractivity contribution in [2.45, 2.75) is 10.9 Å². The molecule has 0 aliphatic carbocycles. The van der Waals surface area contributed by atoms with Crippen molar-refractivity contribution < 1.29 is 22.7 Å². The highest BCUT2D eigenvalue weighted by molar-refractivity contribution is 7.89. The van der Waals surface area contributed by atoms with E-state index in [0.29, 0.717) is 5.56 Å². The van der Waals surface area contributed by atoms with Gasteiger partial charge < -0.3 is 5.11 Å². The summed E-state index contributed by atoms with van der Waals surface area (Å²) in [6.45, 7) is 0. The van der Waals surface area contributed by atoms with E-state index in [0.717, 1.165) is 24.3 Å². The first-order valence-electron chi connectivity index (χ1n) is 5.96. The quantitative estimate of drug-likeness (QED) is 0.884. The first-order valence-corrected chi connectivity index (χ1v) is 7.44. The van der Waals surface area contributed by atoms with Gasteiger partial charge in [-0.2, -0.15) is 4.72 Å². The molecule has 0 fully saturated rings. The third-order valence-electron chi connectivity index (χ3n) is 2.78. The second-order valence-corrected chi connectivity index (χ2v) is 5.97. The number of carboxylic acid groups (broad SMARTS) is 1. The lowest BCUT2D eigenvalue weighted by atomic mass is 10.1. The van der Waals surface area contributed by atoms with Crippen LogP contribution in [0.1, 0.15) is 11.6 Å². The van der Waals surface area contributed by atoms with E-state index in [1.54, 1.807) is 18.2 Å². The summed E-state index contributed by atoms with van der Waals surface area (Å²) in [5.74, 6) is -1.90. The van der Waals surface area contributed by atoms with E-state index in [2.05, 4.69) is 4.72 Å². The fourth-order valence-corrected chi connectivity index (χ4v) is 2.92. The Morgan fingerprint density at radius 3 is 2.14 bits per heavy atom. The summed E-state index contributed by atoms with van der Waals surface area (Å²) in [7, 11) is -4.07. The maximum atomic E-state index is 12.8. The molecule has 21 heavy (non-hydrogen) atoms. The van der Waals surface area contributed by atoms with E-state index >= 15 is 0 Å². The van der Waals surface area contributed by atoms with E-state index in [1.165, 1.54) is 12.1 Å². The van der Waals surface area contributed by atoms with E-state index in [-0.39, 0.29) is 4.90 Å². The molecule has 110 valence electrons. The first kappa shape index (κ1) is 15.1. The zero-order valence-electron chi connectivity index (χ0n) is 10.7. The zero-order chi connectivity index (χ0) is 15.5. The van der Waals surface area contributed by atoms with Crippen LogP contribution in [0.4, 0.5) is 4.39 Å². The molecule has 0 saturated heterocycles. The van der Waals surface area contributed by atoms with Crippen LogP contribution in [-0.2, 0) is 14.8 Å². The first-order chi connectivity index (χ1) is 9.90.